The molecule has 0 spiro atoms. The highest BCUT2D eigenvalue weighted by Crippen LogP contribution is 2.26. The SMILES string of the molecule is CCNC(=NCCN1CCCN(C)CC1)N1CCC(c2cnn(C)c2)C1.I. The van der Waals surface area contributed by atoms with Crippen LogP contribution in [0, 0.1) is 0 Å². The molecule has 0 amide bonds. The molecule has 0 aliphatic carbocycles. The van der Waals surface area contributed by atoms with Crippen molar-refractivity contribution in [3.05, 3.63) is 18.0 Å². The molecule has 0 saturated carbocycles. The van der Waals surface area contributed by atoms with Gasteiger partial charge in [0.25, 0.3) is 0 Å². The third-order valence-corrected chi connectivity index (χ3v) is 5.51. The Hall–Kier alpha value is -0.870. The van der Waals surface area contributed by atoms with Gasteiger partial charge in [0, 0.05) is 58.4 Å². The van der Waals surface area contributed by atoms with Crippen LogP contribution in [0.25, 0.3) is 0 Å². The first kappa shape index (κ1) is 22.4. The first-order valence-electron chi connectivity index (χ1n) is 10.1. The van der Waals surface area contributed by atoms with E-state index < -0.39 is 0 Å². The lowest BCUT2D eigenvalue weighted by molar-refractivity contribution is 0.283. The standard InChI is InChI=1S/C19H35N7.HI/c1-4-20-19(21-7-11-25-9-5-8-23(2)12-13-25)26-10-6-17(16-26)18-14-22-24(3)15-18;/h14-15,17H,4-13,16H2,1-3H3,(H,20,21);1H. The van der Waals surface area contributed by atoms with Gasteiger partial charge in [-0.3, -0.25) is 9.67 Å². The molecule has 2 aliphatic rings. The Balaban J connectivity index is 0.00000261. The number of aliphatic imine (C=N–C) groups is 1. The molecule has 1 N–H and O–H groups in total. The van der Waals surface area contributed by atoms with E-state index in [0.29, 0.717) is 5.92 Å². The van der Waals surface area contributed by atoms with Gasteiger partial charge in [-0.15, -0.1) is 24.0 Å². The number of likely N-dealkylation sites (tertiary alicyclic amines) is 1. The number of nitrogens with one attached hydrogen (secondary N) is 1. The molecule has 1 atom stereocenters. The van der Waals surface area contributed by atoms with E-state index in [2.05, 4.69) is 45.3 Å². The van der Waals surface area contributed by atoms with Crippen molar-refractivity contribution in [3.63, 3.8) is 0 Å². The molecule has 1 aromatic heterocycles. The predicted molar refractivity (Wildman–Crippen MR) is 122 cm³/mol. The molecule has 27 heavy (non-hydrogen) atoms. The van der Waals surface area contributed by atoms with Gasteiger partial charge in [-0.2, -0.15) is 5.10 Å². The fourth-order valence-corrected chi connectivity index (χ4v) is 3.92. The van der Waals surface area contributed by atoms with Crippen molar-refractivity contribution >= 4 is 29.9 Å². The highest BCUT2D eigenvalue weighted by Gasteiger charge is 2.26. The third kappa shape index (κ3) is 6.60. The number of halogens is 1. The number of hydrogen-bond donors (Lipinski definition) is 1. The highest BCUT2D eigenvalue weighted by atomic mass is 127. The summed E-state index contributed by atoms with van der Waals surface area (Å²) >= 11 is 0. The van der Waals surface area contributed by atoms with Gasteiger partial charge in [-0.25, -0.2) is 0 Å². The van der Waals surface area contributed by atoms with E-state index in [4.69, 9.17) is 4.99 Å². The average Bonchev–Trinajstić information content (AvgIpc) is 3.22. The zero-order valence-electron chi connectivity index (χ0n) is 17.1. The van der Waals surface area contributed by atoms with Crippen LogP contribution in [0.15, 0.2) is 17.4 Å². The maximum atomic E-state index is 4.93. The summed E-state index contributed by atoms with van der Waals surface area (Å²) in [6.45, 7) is 11.8. The van der Waals surface area contributed by atoms with Gasteiger partial charge < -0.3 is 20.0 Å². The van der Waals surface area contributed by atoms with Crippen LogP contribution in [0.2, 0.25) is 0 Å². The van der Waals surface area contributed by atoms with Gasteiger partial charge in [0.05, 0.1) is 12.7 Å². The molecular weight excluding hydrogens is 453 g/mol. The topological polar surface area (TPSA) is 51.9 Å². The minimum absolute atomic E-state index is 0. The smallest absolute Gasteiger partial charge is 0.193 e. The molecule has 3 heterocycles. The van der Waals surface area contributed by atoms with E-state index >= 15 is 0 Å². The lowest BCUT2D eigenvalue weighted by Crippen LogP contribution is -2.40. The fourth-order valence-electron chi connectivity index (χ4n) is 3.92. The van der Waals surface area contributed by atoms with E-state index in [-0.39, 0.29) is 24.0 Å². The van der Waals surface area contributed by atoms with Crippen molar-refractivity contribution in [2.24, 2.45) is 12.0 Å². The zero-order valence-corrected chi connectivity index (χ0v) is 19.4. The minimum atomic E-state index is 0. The van der Waals surface area contributed by atoms with Crippen molar-refractivity contribution < 1.29 is 0 Å². The number of aromatic nitrogens is 2. The molecule has 154 valence electrons. The Kier molecular flexibility index (Phi) is 9.31. The molecule has 2 fully saturated rings. The number of rotatable bonds is 5. The summed E-state index contributed by atoms with van der Waals surface area (Å²) in [5, 5.41) is 7.81. The summed E-state index contributed by atoms with van der Waals surface area (Å²) < 4.78 is 1.90. The quantitative estimate of drug-likeness (QED) is 0.386. The van der Waals surface area contributed by atoms with E-state index in [1.54, 1.807) is 0 Å². The zero-order chi connectivity index (χ0) is 18.4. The Morgan fingerprint density at radius 1 is 1.22 bits per heavy atom. The van der Waals surface area contributed by atoms with Gasteiger partial charge in [-0.1, -0.05) is 0 Å². The molecule has 0 radical (unpaired) electrons. The molecule has 3 rings (SSSR count). The van der Waals surface area contributed by atoms with Crippen LogP contribution < -0.4 is 5.32 Å². The van der Waals surface area contributed by atoms with Gasteiger partial charge in [-0.05, 0) is 45.5 Å². The predicted octanol–water partition coefficient (Wildman–Crippen LogP) is 1.43. The molecular formula is C19H36IN7. The maximum Gasteiger partial charge on any atom is 0.193 e. The van der Waals surface area contributed by atoms with E-state index in [1.807, 2.05) is 17.9 Å². The van der Waals surface area contributed by atoms with Crippen LogP contribution in [0.1, 0.15) is 31.2 Å². The van der Waals surface area contributed by atoms with Crippen molar-refractivity contribution in [1.29, 1.82) is 0 Å². The van der Waals surface area contributed by atoms with Gasteiger partial charge >= 0.3 is 0 Å². The van der Waals surface area contributed by atoms with Crippen LogP contribution >= 0.6 is 24.0 Å². The molecule has 1 unspecified atom stereocenters. The van der Waals surface area contributed by atoms with Crippen LogP contribution in [0.3, 0.4) is 0 Å². The average molecular weight is 489 g/mol. The second kappa shape index (κ2) is 11.2. The largest absolute Gasteiger partial charge is 0.357 e. The Morgan fingerprint density at radius 2 is 2.07 bits per heavy atom. The van der Waals surface area contributed by atoms with Crippen LogP contribution in [-0.2, 0) is 7.05 Å². The Morgan fingerprint density at radius 3 is 2.81 bits per heavy atom. The van der Waals surface area contributed by atoms with Gasteiger partial charge in [0.2, 0.25) is 0 Å². The summed E-state index contributed by atoms with van der Waals surface area (Å²) in [6, 6.07) is 0. The van der Waals surface area contributed by atoms with Crippen molar-refractivity contribution in [2.45, 2.75) is 25.7 Å². The Bertz CT molecular complexity index is 588. The van der Waals surface area contributed by atoms with Crippen LogP contribution in [0.4, 0.5) is 0 Å². The molecule has 0 aromatic carbocycles. The van der Waals surface area contributed by atoms with Crippen LogP contribution in [-0.4, -0.2) is 96.4 Å². The second-order valence-electron chi connectivity index (χ2n) is 7.61. The fraction of sp³-hybridized carbons (Fsp3) is 0.789. The number of guanidine groups is 1. The van der Waals surface area contributed by atoms with E-state index in [9.17, 15) is 0 Å². The van der Waals surface area contributed by atoms with E-state index in [1.165, 1.54) is 38.0 Å². The summed E-state index contributed by atoms with van der Waals surface area (Å²) in [7, 11) is 4.21. The second-order valence-corrected chi connectivity index (χ2v) is 7.61. The molecule has 2 aliphatic heterocycles. The summed E-state index contributed by atoms with van der Waals surface area (Å²) in [5.74, 6) is 1.64. The molecule has 2 saturated heterocycles. The number of aryl methyl sites for hydroxylation is 1. The summed E-state index contributed by atoms with van der Waals surface area (Å²) in [4.78, 5) is 12.3. The molecule has 1 aromatic rings. The maximum absolute atomic E-state index is 4.93. The van der Waals surface area contributed by atoms with E-state index in [0.717, 1.165) is 45.2 Å². The molecule has 8 heteroatoms. The van der Waals surface area contributed by atoms with Crippen molar-refractivity contribution in [3.8, 4) is 0 Å². The third-order valence-electron chi connectivity index (χ3n) is 5.51. The Labute approximate surface area is 181 Å². The van der Waals surface area contributed by atoms with Crippen molar-refractivity contribution in [1.82, 2.24) is 29.8 Å². The number of likely N-dealkylation sites (N-methyl/N-ethyl adjacent to an activating group) is 1. The van der Waals surface area contributed by atoms with Crippen molar-refractivity contribution in [2.75, 3.05) is 66.0 Å². The first-order valence-corrected chi connectivity index (χ1v) is 10.1. The van der Waals surface area contributed by atoms with Gasteiger partial charge in [0.15, 0.2) is 5.96 Å². The first-order chi connectivity index (χ1) is 12.7. The lowest BCUT2D eigenvalue weighted by atomic mass is 10.0. The number of nitrogens with zero attached hydrogens (tertiary/aromatic N) is 6. The normalized spacial score (nSPS) is 22.6. The molecule has 0 bridgehead atoms. The number of hydrogen-bond acceptors (Lipinski definition) is 4. The van der Waals surface area contributed by atoms with Gasteiger partial charge in [0.1, 0.15) is 0 Å². The summed E-state index contributed by atoms with van der Waals surface area (Å²) in [5.41, 5.74) is 1.35. The van der Waals surface area contributed by atoms with Crippen LogP contribution in [0.5, 0.6) is 0 Å². The summed E-state index contributed by atoms with van der Waals surface area (Å²) in [6.07, 6.45) is 6.59. The monoisotopic (exact) mass is 489 g/mol. The molecule has 7 nitrogen and oxygen atoms in total. The lowest BCUT2D eigenvalue weighted by Gasteiger charge is -2.23. The minimum Gasteiger partial charge on any atom is -0.357 e. The highest BCUT2D eigenvalue weighted by molar-refractivity contribution is 14.0.